The molecule has 2 saturated heterocycles. The summed E-state index contributed by atoms with van der Waals surface area (Å²) < 4.78 is 6.75. The smallest absolute Gasteiger partial charge is 0.253 e. The van der Waals surface area contributed by atoms with Gasteiger partial charge in [0.05, 0.1) is 17.9 Å². The topological polar surface area (TPSA) is 90.4 Å². The minimum absolute atomic E-state index is 0.00511. The number of benzene rings is 3. The van der Waals surface area contributed by atoms with Crippen LogP contribution >= 0.6 is 0 Å². The number of unbranched alkanes of at least 4 members (excludes halogenated alkanes) is 1. The van der Waals surface area contributed by atoms with E-state index in [4.69, 9.17) is 4.74 Å². The van der Waals surface area contributed by atoms with E-state index in [-0.39, 0.29) is 24.3 Å². The minimum Gasteiger partial charge on any atom is -0.396 e. The van der Waals surface area contributed by atoms with Crippen molar-refractivity contribution in [2.45, 2.75) is 30.6 Å². The summed E-state index contributed by atoms with van der Waals surface area (Å²) >= 11 is 0. The fourth-order valence-electron chi connectivity index (χ4n) is 7.19. The van der Waals surface area contributed by atoms with Gasteiger partial charge in [-0.3, -0.25) is 14.4 Å². The number of aliphatic hydroxyl groups excluding tert-OH is 1. The van der Waals surface area contributed by atoms with Crippen LogP contribution in [0, 0.1) is 11.8 Å². The SMILES string of the molecule is O=C1C2N(CCCCO)C(=O)[C@@H]3[C@@H]4C(=O)N(c5ccccc5)CC=C[C@@H]4O[C@]23C=CCN1c1ccc2ccccc2c1. The molecule has 4 aliphatic heterocycles. The Labute approximate surface area is 244 Å². The third-order valence-corrected chi connectivity index (χ3v) is 9.08. The van der Waals surface area contributed by atoms with Crippen molar-refractivity contribution in [2.75, 3.05) is 36.0 Å². The number of rotatable bonds is 6. The van der Waals surface area contributed by atoms with E-state index in [1.807, 2.05) is 97.1 Å². The zero-order chi connectivity index (χ0) is 28.8. The molecule has 3 aromatic rings. The maximum absolute atomic E-state index is 14.6. The normalized spacial score (nSPS) is 28.6. The van der Waals surface area contributed by atoms with Gasteiger partial charge in [0.15, 0.2) is 0 Å². The number of carbonyl (C=O) groups is 3. The van der Waals surface area contributed by atoms with Crippen molar-refractivity contribution < 1.29 is 24.2 Å². The second kappa shape index (κ2) is 10.5. The molecule has 214 valence electrons. The van der Waals surface area contributed by atoms with E-state index in [1.54, 1.807) is 14.7 Å². The number of para-hydroxylation sites is 1. The Bertz CT molecular complexity index is 1600. The molecular weight excluding hydrogens is 530 g/mol. The quantitative estimate of drug-likeness (QED) is 0.365. The zero-order valence-electron chi connectivity index (χ0n) is 23.2. The lowest BCUT2D eigenvalue weighted by Gasteiger charge is -2.35. The first-order valence-corrected chi connectivity index (χ1v) is 14.6. The van der Waals surface area contributed by atoms with E-state index in [0.29, 0.717) is 32.5 Å². The summed E-state index contributed by atoms with van der Waals surface area (Å²) in [6, 6.07) is 22.4. The largest absolute Gasteiger partial charge is 0.396 e. The van der Waals surface area contributed by atoms with Crippen molar-refractivity contribution in [2.24, 2.45) is 11.8 Å². The Morgan fingerprint density at radius 2 is 1.52 bits per heavy atom. The number of nitrogens with zero attached hydrogens (tertiary/aromatic N) is 3. The van der Waals surface area contributed by atoms with Gasteiger partial charge in [-0.15, -0.1) is 0 Å². The summed E-state index contributed by atoms with van der Waals surface area (Å²) in [6.07, 6.45) is 7.97. The standard InChI is InChI=1S/C34H33N3O5/c38-21-7-6-18-37-30-33(41)36(26-16-15-23-10-4-5-11-24(23)22-26)20-9-17-34(30)29(32(37)40)28-27(42-34)14-8-19-35(31(28)39)25-12-2-1-3-13-25/h1-5,8-17,22,27-30,38H,6-7,18-21H2/t27-,28+,29-,30?,34-/m0/s1. The van der Waals surface area contributed by atoms with Gasteiger partial charge < -0.3 is 24.5 Å². The molecular formula is C34H33N3O5. The first-order chi connectivity index (χ1) is 20.5. The highest BCUT2D eigenvalue weighted by Gasteiger charge is 2.71. The van der Waals surface area contributed by atoms with Gasteiger partial charge in [-0.1, -0.05) is 72.8 Å². The second-order valence-electron chi connectivity index (χ2n) is 11.4. The first kappa shape index (κ1) is 26.6. The molecule has 4 aliphatic rings. The van der Waals surface area contributed by atoms with E-state index in [2.05, 4.69) is 0 Å². The lowest BCUT2D eigenvalue weighted by atomic mass is 9.77. The maximum atomic E-state index is 14.6. The summed E-state index contributed by atoms with van der Waals surface area (Å²) in [5.74, 6) is -2.28. The average molecular weight is 564 g/mol. The van der Waals surface area contributed by atoms with Crippen LogP contribution in [0.4, 0.5) is 11.4 Å². The van der Waals surface area contributed by atoms with Gasteiger partial charge in [0.25, 0.3) is 5.91 Å². The number of ether oxygens (including phenoxy) is 1. The second-order valence-corrected chi connectivity index (χ2v) is 11.4. The monoisotopic (exact) mass is 563 g/mol. The predicted molar refractivity (Wildman–Crippen MR) is 160 cm³/mol. The van der Waals surface area contributed by atoms with Gasteiger partial charge in [-0.25, -0.2) is 0 Å². The van der Waals surface area contributed by atoms with Gasteiger partial charge in [-0.2, -0.15) is 0 Å². The maximum Gasteiger partial charge on any atom is 0.253 e. The van der Waals surface area contributed by atoms with Crippen molar-refractivity contribution in [1.82, 2.24) is 4.90 Å². The predicted octanol–water partition coefficient (Wildman–Crippen LogP) is 3.70. The van der Waals surface area contributed by atoms with E-state index in [9.17, 15) is 19.5 Å². The number of aliphatic hydroxyl groups is 1. The third-order valence-electron chi connectivity index (χ3n) is 9.08. The molecule has 42 heavy (non-hydrogen) atoms. The van der Waals surface area contributed by atoms with Crippen LogP contribution in [0.25, 0.3) is 10.8 Å². The molecule has 3 amide bonds. The molecule has 1 N–H and O–H groups in total. The van der Waals surface area contributed by atoms with E-state index in [0.717, 1.165) is 22.1 Å². The average Bonchev–Trinajstić information content (AvgIpc) is 3.32. The van der Waals surface area contributed by atoms with Crippen LogP contribution in [0.15, 0.2) is 97.1 Å². The molecule has 0 aromatic heterocycles. The molecule has 0 radical (unpaired) electrons. The van der Waals surface area contributed by atoms with E-state index < -0.39 is 29.6 Å². The molecule has 0 aliphatic carbocycles. The van der Waals surface area contributed by atoms with Crippen molar-refractivity contribution in [3.05, 3.63) is 97.1 Å². The van der Waals surface area contributed by atoms with Crippen LogP contribution in [-0.4, -0.2) is 71.7 Å². The number of carbonyl (C=O) groups excluding carboxylic acids is 3. The number of hydrogen-bond acceptors (Lipinski definition) is 5. The lowest BCUT2D eigenvalue weighted by molar-refractivity contribution is -0.140. The number of likely N-dealkylation sites (tertiary alicyclic amines) is 1. The summed E-state index contributed by atoms with van der Waals surface area (Å²) in [5, 5.41) is 11.5. The minimum atomic E-state index is -1.28. The molecule has 1 spiro atoms. The van der Waals surface area contributed by atoms with Gasteiger partial charge >= 0.3 is 0 Å². The Morgan fingerprint density at radius 1 is 0.786 bits per heavy atom. The Morgan fingerprint density at radius 3 is 2.33 bits per heavy atom. The van der Waals surface area contributed by atoms with Gasteiger partial charge in [0.1, 0.15) is 11.6 Å². The number of anilines is 2. The first-order valence-electron chi connectivity index (χ1n) is 14.6. The zero-order valence-corrected chi connectivity index (χ0v) is 23.2. The van der Waals surface area contributed by atoms with Crippen molar-refractivity contribution in [3.63, 3.8) is 0 Å². The van der Waals surface area contributed by atoms with Crippen LogP contribution in [0.3, 0.4) is 0 Å². The molecule has 3 aromatic carbocycles. The molecule has 1 unspecified atom stereocenters. The molecule has 7 rings (SSSR count). The van der Waals surface area contributed by atoms with Crippen LogP contribution in [0.5, 0.6) is 0 Å². The molecule has 8 heteroatoms. The Balaban J connectivity index is 1.30. The number of amides is 3. The summed E-state index contributed by atoms with van der Waals surface area (Å²) in [6.45, 7) is 0.982. The van der Waals surface area contributed by atoms with Gasteiger partial charge in [-0.05, 0) is 47.9 Å². The molecule has 4 heterocycles. The number of fused-ring (bicyclic) bond motifs is 3. The molecule has 0 bridgehead atoms. The van der Waals surface area contributed by atoms with Crippen LogP contribution in [0.1, 0.15) is 12.8 Å². The fraction of sp³-hybridized carbons (Fsp3) is 0.324. The molecule has 5 atom stereocenters. The van der Waals surface area contributed by atoms with E-state index >= 15 is 0 Å². The van der Waals surface area contributed by atoms with Crippen LogP contribution < -0.4 is 9.80 Å². The van der Waals surface area contributed by atoms with Crippen molar-refractivity contribution >= 4 is 39.9 Å². The molecule has 0 saturated carbocycles. The molecule has 2 fully saturated rings. The van der Waals surface area contributed by atoms with E-state index in [1.165, 1.54) is 0 Å². The number of hydrogen-bond donors (Lipinski definition) is 1. The highest BCUT2D eigenvalue weighted by molar-refractivity contribution is 6.08. The van der Waals surface area contributed by atoms with Crippen LogP contribution in [-0.2, 0) is 19.1 Å². The highest BCUT2D eigenvalue weighted by Crippen LogP contribution is 2.54. The summed E-state index contributed by atoms with van der Waals surface area (Å²) in [5.41, 5.74) is 0.212. The van der Waals surface area contributed by atoms with Crippen molar-refractivity contribution in [3.8, 4) is 0 Å². The molecule has 8 nitrogen and oxygen atoms in total. The fourth-order valence-corrected chi connectivity index (χ4v) is 7.19. The Hall–Kier alpha value is -4.27. The third kappa shape index (κ3) is 4.08. The lowest BCUT2D eigenvalue weighted by Crippen LogP contribution is -2.55. The summed E-state index contributed by atoms with van der Waals surface area (Å²) in [4.78, 5) is 48.2. The highest BCUT2D eigenvalue weighted by atomic mass is 16.5. The Kier molecular flexibility index (Phi) is 6.67. The van der Waals surface area contributed by atoms with Crippen LogP contribution in [0.2, 0.25) is 0 Å². The summed E-state index contributed by atoms with van der Waals surface area (Å²) in [7, 11) is 0. The van der Waals surface area contributed by atoms with Gasteiger partial charge in [0.2, 0.25) is 11.8 Å². The van der Waals surface area contributed by atoms with Crippen molar-refractivity contribution in [1.29, 1.82) is 0 Å². The van der Waals surface area contributed by atoms with Gasteiger partial charge in [0, 0.05) is 37.6 Å².